The summed E-state index contributed by atoms with van der Waals surface area (Å²) in [7, 11) is -3.72. The van der Waals surface area contributed by atoms with Crippen molar-refractivity contribution in [1.82, 2.24) is 0 Å². The number of nitrogens with two attached hydrogens (primary N) is 2. The van der Waals surface area contributed by atoms with E-state index in [9.17, 15) is 13.2 Å². The largest absolute Gasteiger partial charge is 0.399 e. The van der Waals surface area contributed by atoms with Crippen molar-refractivity contribution in [1.29, 1.82) is 0 Å². The van der Waals surface area contributed by atoms with Gasteiger partial charge in [0.1, 0.15) is 0 Å². The van der Waals surface area contributed by atoms with E-state index in [4.69, 9.17) is 11.5 Å². The predicted molar refractivity (Wildman–Crippen MR) is 76.6 cm³/mol. The van der Waals surface area contributed by atoms with E-state index in [2.05, 4.69) is 4.72 Å². The van der Waals surface area contributed by atoms with Gasteiger partial charge in [-0.05, 0) is 42.5 Å². The molecular weight excluding hydrogens is 278 g/mol. The highest BCUT2D eigenvalue weighted by atomic mass is 32.2. The normalized spacial score (nSPS) is 11.0. The fourth-order valence-corrected chi connectivity index (χ4v) is 2.71. The summed E-state index contributed by atoms with van der Waals surface area (Å²) in [6, 6.07) is 11.8. The Morgan fingerprint density at radius 2 is 1.70 bits per heavy atom. The van der Waals surface area contributed by atoms with E-state index in [1.54, 1.807) is 12.1 Å². The number of carbonyl (C=O) groups is 1. The number of hydrogen-bond donors (Lipinski definition) is 3. The number of sulfonamides is 1. The van der Waals surface area contributed by atoms with Gasteiger partial charge in [0.2, 0.25) is 5.91 Å². The van der Waals surface area contributed by atoms with Gasteiger partial charge < -0.3 is 11.5 Å². The number of hydrogen-bond acceptors (Lipinski definition) is 4. The zero-order valence-electron chi connectivity index (χ0n) is 10.4. The van der Waals surface area contributed by atoms with Gasteiger partial charge in [0.15, 0.2) is 0 Å². The van der Waals surface area contributed by atoms with Crippen LogP contribution in [0.2, 0.25) is 0 Å². The van der Waals surface area contributed by atoms with Gasteiger partial charge in [-0.2, -0.15) is 0 Å². The molecule has 0 bridgehead atoms. The van der Waals surface area contributed by atoms with Crippen molar-refractivity contribution in [3.8, 4) is 0 Å². The molecule has 0 aliphatic carbocycles. The zero-order valence-corrected chi connectivity index (χ0v) is 11.2. The first kappa shape index (κ1) is 13.9. The SMILES string of the molecule is NC(=O)c1ccc(NS(=O)(=O)c2cccc(N)c2)cc1. The quantitative estimate of drug-likeness (QED) is 0.733. The molecule has 0 saturated carbocycles. The van der Waals surface area contributed by atoms with Crippen LogP contribution in [-0.2, 0) is 10.0 Å². The number of benzene rings is 2. The summed E-state index contributed by atoms with van der Waals surface area (Å²) >= 11 is 0. The van der Waals surface area contributed by atoms with Gasteiger partial charge in [0.25, 0.3) is 10.0 Å². The molecule has 2 aromatic carbocycles. The molecule has 6 nitrogen and oxygen atoms in total. The summed E-state index contributed by atoms with van der Waals surface area (Å²) in [5, 5.41) is 0. The molecule has 0 aromatic heterocycles. The standard InChI is InChI=1S/C13H13N3O3S/c14-10-2-1-3-12(8-10)20(18,19)16-11-6-4-9(5-7-11)13(15)17/h1-8,16H,14H2,(H2,15,17). The topological polar surface area (TPSA) is 115 Å². The smallest absolute Gasteiger partial charge is 0.261 e. The highest BCUT2D eigenvalue weighted by Crippen LogP contribution is 2.18. The maximum absolute atomic E-state index is 12.1. The lowest BCUT2D eigenvalue weighted by Gasteiger charge is -2.08. The Morgan fingerprint density at radius 3 is 2.25 bits per heavy atom. The molecule has 0 radical (unpaired) electrons. The molecule has 0 fully saturated rings. The Bertz CT molecular complexity index is 740. The van der Waals surface area contributed by atoms with Crippen LogP contribution < -0.4 is 16.2 Å². The van der Waals surface area contributed by atoms with Gasteiger partial charge in [-0.15, -0.1) is 0 Å². The third-order valence-electron chi connectivity index (χ3n) is 2.59. The number of anilines is 2. The van der Waals surface area contributed by atoms with Crippen LogP contribution in [0, 0.1) is 0 Å². The van der Waals surface area contributed by atoms with Crippen LogP contribution in [0.5, 0.6) is 0 Å². The van der Waals surface area contributed by atoms with Crippen LogP contribution in [0.25, 0.3) is 0 Å². The van der Waals surface area contributed by atoms with Gasteiger partial charge >= 0.3 is 0 Å². The van der Waals surface area contributed by atoms with E-state index in [1.807, 2.05) is 0 Å². The summed E-state index contributed by atoms with van der Waals surface area (Å²) in [6.45, 7) is 0. The van der Waals surface area contributed by atoms with Crippen molar-refractivity contribution in [3.63, 3.8) is 0 Å². The number of nitrogen functional groups attached to an aromatic ring is 1. The fraction of sp³-hybridized carbons (Fsp3) is 0. The zero-order chi connectivity index (χ0) is 14.8. The third kappa shape index (κ3) is 3.07. The second-order valence-electron chi connectivity index (χ2n) is 4.12. The number of nitrogens with one attached hydrogen (secondary N) is 1. The fourth-order valence-electron chi connectivity index (χ4n) is 1.60. The summed E-state index contributed by atoms with van der Waals surface area (Å²) in [6.07, 6.45) is 0. The van der Waals surface area contributed by atoms with Crippen molar-refractivity contribution in [2.75, 3.05) is 10.5 Å². The highest BCUT2D eigenvalue weighted by Gasteiger charge is 2.14. The van der Waals surface area contributed by atoms with Gasteiger partial charge in [-0.3, -0.25) is 9.52 Å². The molecule has 0 unspecified atom stereocenters. The average Bonchev–Trinajstić information content (AvgIpc) is 2.39. The Labute approximate surface area is 116 Å². The Balaban J connectivity index is 2.26. The lowest BCUT2D eigenvalue weighted by atomic mass is 10.2. The van der Waals surface area contributed by atoms with Gasteiger partial charge in [0, 0.05) is 16.9 Å². The summed E-state index contributed by atoms with van der Waals surface area (Å²) in [5.74, 6) is -0.574. The molecule has 2 aromatic rings. The third-order valence-corrected chi connectivity index (χ3v) is 3.97. The van der Waals surface area contributed by atoms with Crippen LogP contribution >= 0.6 is 0 Å². The highest BCUT2D eigenvalue weighted by molar-refractivity contribution is 7.92. The average molecular weight is 291 g/mol. The molecule has 20 heavy (non-hydrogen) atoms. The second-order valence-corrected chi connectivity index (χ2v) is 5.80. The minimum atomic E-state index is -3.72. The van der Waals surface area contributed by atoms with Gasteiger partial charge in [-0.25, -0.2) is 8.42 Å². The van der Waals surface area contributed by atoms with Crippen molar-refractivity contribution >= 4 is 27.3 Å². The van der Waals surface area contributed by atoms with E-state index < -0.39 is 15.9 Å². The number of carbonyl (C=O) groups excluding carboxylic acids is 1. The molecule has 0 saturated heterocycles. The first-order chi connectivity index (χ1) is 9.38. The van der Waals surface area contributed by atoms with Crippen molar-refractivity contribution in [2.24, 2.45) is 5.73 Å². The molecule has 0 spiro atoms. The Hall–Kier alpha value is -2.54. The number of rotatable bonds is 4. The first-order valence-electron chi connectivity index (χ1n) is 5.67. The maximum atomic E-state index is 12.1. The Morgan fingerprint density at radius 1 is 1.05 bits per heavy atom. The van der Waals surface area contributed by atoms with Gasteiger partial charge in [-0.1, -0.05) is 6.07 Å². The van der Waals surface area contributed by atoms with E-state index in [-0.39, 0.29) is 4.90 Å². The lowest BCUT2D eigenvalue weighted by Crippen LogP contribution is -2.14. The van der Waals surface area contributed by atoms with Crippen LogP contribution in [-0.4, -0.2) is 14.3 Å². The number of primary amides is 1. The molecule has 7 heteroatoms. The van der Waals surface area contributed by atoms with Crippen LogP contribution in [0.3, 0.4) is 0 Å². The monoisotopic (exact) mass is 291 g/mol. The van der Waals surface area contributed by atoms with E-state index in [0.29, 0.717) is 16.9 Å². The summed E-state index contributed by atoms with van der Waals surface area (Å²) in [4.78, 5) is 11.0. The van der Waals surface area contributed by atoms with Gasteiger partial charge in [0.05, 0.1) is 4.90 Å². The van der Waals surface area contributed by atoms with E-state index >= 15 is 0 Å². The van der Waals surface area contributed by atoms with Crippen LogP contribution in [0.4, 0.5) is 11.4 Å². The van der Waals surface area contributed by atoms with Crippen LogP contribution in [0.15, 0.2) is 53.4 Å². The van der Waals surface area contributed by atoms with Crippen LogP contribution in [0.1, 0.15) is 10.4 Å². The molecule has 0 aliphatic rings. The maximum Gasteiger partial charge on any atom is 0.261 e. The molecule has 0 heterocycles. The molecule has 5 N–H and O–H groups in total. The summed E-state index contributed by atoms with van der Waals surface area (Å²) < 4.78 is 26.6. The van der Waals surface area contributed by atoms with E-state index in [1.165, 1.54) is 36.4 Å². The summed E-state index contributed by atoms with van der Waals surface area (Å²) in [5.41, 5.74) is 11.7. The molecule has 2 rings (SSSR count). The minimum absolute atomic E-state index is 0.0662. The first-order valence-corrected chi connectivity index (χ1v) is 7.15. The molecule has 104 valence electrons. The minimum Gasteiger partial charge on any atom is -0.399 e. The molecule has 1 amide bonds. The number of amides is 1. The predicted octanol–water partition coefficient (Wildman–Crippen LogP) is 1.17. The molecule has 0 atom stereocenters. The van der Waals surface area contributed by atoms with Crippen molar-refractivity contribution in [3.05, 3.63) is 54.1 Å². The van der Waals surface area contributed by atoms with Crippen molar-refractivity contribution < 1.29 is 13.2 Å². The van der Waals surface area contributed by atoms with Crippen molar-refractivity contribution in [2.45, 2.75) is 4.90 Å². The molecular formula is C13H13N3O3S. The Kier molecular flexibility index (Phi) is 3.62. The molecule has 0 aliphatic heterocycles. The van der Waals surface area contributed by atoms with E-state index in [0.717, 1.165) is 0 Å². The lowest BCUT2D eigenvalue weighted by molar-refractivity contribution is 0.100. The second kappa shape index (κ2) is 5.22.